The number of anilines is 1. The molecule has 0 saturated heterocycles. The lowest BCUT2D eigenvalue weighted by atomic mass is 10.2. The van der Waals surface area contributed by atoms with Crippen molar-refractivity contribution >= 4 is 27.6 Å². The molecule has 0 aromatic heterocycles. The Kier molecular flexibility index (Phi) is 2.23. The maximum atomic E-state index is 11.0. The Balaban J connectivity index is 3.37. The van der Waals surface area contributed by atoms with Gasteiger partial charge in [0.15, 0.2) is 0 Å². The highest BCUT2D eigenvalue weighted by molar-refractivity contribution is 9.10. The van der Waals surface area contributed by atoms with Gasteiger partial charge in [-0.05, 0) is 12.1 Å². The lowest BCUT2D eigenvalue weighted by molar-refractivity contribution is -0.267. The second-order valence-corrected chi connectivity index (χ2v) is 3.09. The van der Waals surface area contributed by atoms with Crippen molar-refractivity contribution in [1.29, 1.82) is 0 Å². The van der Waals surface area contributed by atoms with Crippen molar-refractivity contribution in [2.75, 3.05) is 5.73 Å². The van der Waals surface area contributed by atoms with E-state index in [-0.39, 0.29) is 11.3 Å². The van der Waals surface area contributed by atoms with Crippen molar-refractivity contribution in [2.45, 2.75) is 0 Å². The number of hydrogen-bond acceptors (Lipinski definition) is 3. The van der Waals surface area contributed by atoms with Crippen molar-refractivity contribution < 1.29 is 15.0 Å². The van der Waals surface area contributed by atoms with E-state index in [1.807, 2.05) is 0 Å². The zero-order valence-corrected chi connectivity index (χ0v) is 7.46. The fourth-order valence-electron chi connectivity index (χ4n) is 0.774. The Morgan fingerprint density at radius 3 is 2.67 bits per heavy atom. The molecule has 1 aromatic carbocycles. The third kappa shape index (κ3) is 1.50. The quantitative estimate of drug-likeness (QED) is 0.700. The summed E-state index contributed by atoms with van der Waals surface area (Å²) in [6.07, 6.45) is 0. The first-order valence-electron chi connectivity index (χ1n) is 3.01. The molecular weight excluding hydrogens is 226 g/mol. The van der Waals surface area contributed by atoms with Gasteiger partial charge in [-0.2, -0.15) is 0 Å². The fourth-order valence-corrected chi connectivity index (χ4v) is 1.25. The molecule has 0 heterocycles. The summed E-state index contributed by atoms with van der Waals surface area (Å²) in [5, 5.41) is 19.6. The van der Waals surface area contributed by atoms with Crippen LogP contribution in [0.3, 0.4) is 0 Å². The lowest BCUT2D eigenvalue weighted by Gasteiger charge is -2.13. The summed E-state index contributed by atoms with van der Waals surface area (Å²) >= 11 is 3.03. The zero-order valence-electron chi connectivity index (χ0n) is 5.87. The van der Waals surface area contributed by atoms with E-state index in [9.17, 15) is 9.90 Å². The molecule has 0 aliphatic heterocycles. The van der Waals surface area contributed by atoms with Crippen molar-refractivity contribution in [3.8, 4) is 5.75 Å². The van der Waals surface area contributed by atoms with Gasteiger partial charge in [0.1, 0.15) is 0 Å². The molecule has 12 heavy (non-hydrogen) atoms. The summed E-state index contributed by atoms with van der Waals surface area (Å²) in [5.41, 5.74) is 4.87. The van der Waals surface area contributed by atoms with Crippen LogP contribution in [0.15, 0.2) is 16.6 Å². The van der Waals surface area contributed by atoms with Crippen LogP contribution in [-0.4, -0.2) is 11.1 Å². The largest absolute Gasteiger partial charge is 0.870 e. The fraction of sp³-hybridized carbons (Fsp3) is 0. The van der Waals surface area contributed by atoms with Gasteiger partial charge in [0.2, 0.25) is 0 Å². The number of carboxylic acid groups (broad SMARTS) is 1. The van der Waals surface area contributed by atoms with E-state index in [1.165, 1.54) is 12.1 Å². The molecule has 0 spiro atoms. The van der Waals surface area contributed by atoms with Crippen LogP contribution in [0.5, 0.6) is 5.75 Å². The molecule has 1 rings (SSSR count). The minimum absolute atomic E-state index is 0.0678. The van der Waals surface area contributed by atoms with Crippen molar-refractivity contribution in [3.05, 3.63) is 22.2 Å². The molecule has 64 valence electrons. The van der Waals surface area contributed by atoms with Gasteiger partial charge in [-0.15, -0.1) is 0 Å². The van der Waals surface area contributed by atoms with Gasteiger partial charge in [0.25, 0.3) is 0 Å². The molecular formula is C7H5BrNO3-. The molecule has 0 amide bonds. The van der Waals surface area contributed by atoms with Crippen LogP contribution in [-0.2, 0) is 0 Å². The summed E-state index contributed by atoms with van der Waals surface area (Å²) in [5.74, 6) is -1.92. The SMILES string of the molecule is Nc1cc(Br)cc(C(=O)O)c1[O-]. The van der Waals surface area contributed by atoms with Crippen molar-refractivity contribution in [2.24, 2.45) is 0 Å². The Morgan fingerprint density at radius 2 is 2.17 bits per heavy atom. The summed E-state index contributed by atoms with van der Waals surface area (Å²) in [6, 6.07) is 2.59. The Labute approximate surface area is 76.8 Å². The van der Waals surface area contributed by atoms with E-state index in [0.717, 1.165) is 0 Å². The first-order valence-corrected chi connectivity index (χ1v) is 3.81. The van der Waals surface area contributed by atoms with E-state index in [0.29, 0.717) is 4.47 Å². The second kappa shape index (κ2) is 3.02. The second-order valence-electron chi connectivity index (χ2n) is 2.18. The molecule has 0 aliphatic carbocycles. The van der Waals surface area contributed by atoms with Crippen LogP contribution >= 0.6 is 15.9 Å². The Morgan fingerprint density at radius 1 is 1.58 bits per heavy atom. The molecule has 0 saturated carbocycles. The monoisotopic (exact) mass is 230 g/mol. The van der Waals surface area contributed by atoms with Crippen LogP contribution in [0.2, 0.25) is 0 Å². The molecule has 0 bridgehead atoms. The minimum Gasteiger partial charge on any atom is -0.870 e. The third-order valence-electron chi connectivity index (χ3n) is 1.31. The van der Waals surface area contributed by atoms with Crippen LogP contribution in [0, 0.1) is 0 Å². The van der Waals surface area contributed by atoms with E-state index < -0.39 is 11.7 Å². The first-order chi connectivity index (χ1) is 5.52. The number of nitrogen functional groups attached to an aromatic ring is 1. The number of aromatic carboxylic acids is 1. The van der Waals surface area contributed by atoms with E-state index in [4.69, 9.17) is 10.8 Å². The van der Waals surface area contributed by atoms with Gasteiger partial charge < -0.3 is 15.9 Å². The molecule has 4 nitrogen and oxygen atoms in total. The van der Waals surface area contributed by atoms with Gasteiger partial charge in [0.05, 0.1) is 5.56 Å². The van der Waals surface area contributed by atoms with Gasteiger partial charge in [0, 0.05) is 10.2 Å². The number of carbonyl (C=O) groups is 1. The predicted molar refractivity (Wildman–Crippen MR) is 45.0 cm³/mol. The van der Waals surface area contributed by atoms with Crippen LogP contribution in [0.1, 0.15) is 10.4 Å². The molecule has 0 fully saturated rings. The first kappa shape index (κ1) is 8.86. The molecule has 5 heteroatoms. The average Bonchev–Trinajstić information content (AvgIpc) is 1.96. The molecule has 0 unspecified atom stereocenters. The summed E-state index contributed by atoms with van der Waals surface area (Å²) < 4.78 is 0.483. The Hall–Kier alpha value is -1.23. The van der Waals surface area contributed by atoms with Gasteiger partial charge in [-0.3, -0.25) is 0 Å². The summed E-state index contributed by atoms with van der Waals surface area (Å²) in [6.45, 7) is 0. The number of nitrogens with two attached hydrogens (primary N) is 1. The molecule has 0 atom stereocenters. The van der Waals surface area contributed by atoms with Gasteiger partial charge in [-0.25, -0.2) is 4.79 Å². The molecule has 0 radical (unpaired) electrons. The third-order valence-corrected chi connectivity index (χ3v) is 1.77. The summed E-state index contributed by atoms with van der Waals surface area (Å²) in [4.78, 5) is 10.4. The van der Waals surface area contributed by atoms with Gasteiger partial charge in [-0.1, -0.05) is 21.7 Å². The highest BCUT2D eigenvalue weighted by atomic mass is 79.9. The number of benzene rings is 1. The molecule has 0 aliphatic rings. The van der Waals surface area contributed by atoms with Crippen LogP contribution in [0.4, 0.5) is 5.69 Å². The van der Waals surface area contributed by atoms with Crippen molar-refractivity contribution in [3.63, 3.8) is 0 Å². The molecule has 3 N–H and O–H groups in total. The molecule has 1 aromatic rings. The average molecular weight is 231 g/mol. The maximum Gasteiger partial charge on any atom is 0.335 e. The standard InChI is InChI=1S/C7H6BrNO3/c8-3-1-4(7(11)12)6(10)5(9)2-3/h1-2,10H,9H2,(H,11,12)/p-1. The highest BCUT2D eigenvalue weighted by Crippen LogP contribution is 2.26. The maximum absolute atomic E-state index is 11.0. The van der Waals surface area contributed by atoms with E-state index >= 15 is 0 Å². The summed E-state index contributed by atoms with van der Waals surface area (Å²) in [7, 11) is 0. The number of carboxylic acids is 1. The zero-order chi connectivity index (χ0) is 9.30. The van der Waals surface area contributed by atoms with Crippen LogP contribution < -0.4 is 10.8 Å². The van der Waals surface area contributed by atoms with Gasteiger partial charge >= 0.3 is 5.97 Å². The number of rotatable bonds is 1. The smallest absolute Gasteiger partial charge is 0.335 e. The Bertz CT molecular complexity index is 338. The van der Waals surface area contributed by atoms with E-state index in [2.05, 4.69) is 15.9 Å². The normalized spacial score (nSPS) is 9.75. The van der Waals surface area contributed by atoms with Crippen LogP contribution in [0.25, 0.3) is 0 Å². The highest BCUT2D eigenvalue weighted by Gasteiger charge is 2.06. The van der Waals surface area contributed by atoms with Crippen molar-refractivity contribution in [1.82, 2.24) is 0 Å². The minimum atomic E-state index is -1.27. The number of hydrogen-bond donors (Lipinski definition) is 2. The predicted octanol–water partition coefficient (Wildman–Crippen LogP) is 0.803. The lowest BCUT2D eigenvalue weighted by Crippen LogP contribution is -2.06. The van der Waals surface area contributed by atoms with E-state index in [1.54, 1.807) is 0 Å². The number of halogens is 1. The topological polar surface area (TPSA) is 86.4 Å².